The zero-order chi connectivity index (χ0) is 16.1. The Bertz CT molecular complexity index is 652. The lowest BCUT2D eigenvalue weighted by Crippen LogP contribution is -2.34. The van der Waals surface area contributed by atoms with Crippen molar-refractivity contribution in [1.29, 1.82) is 0 Å². The summed E-state index contributed by atoms with van der Waals surface area (Å²) >= 11 is 3.42. The standard InChI is InChI=1S/C16H20BrN5O/c17-13-5-4-6-14(9-13)19-15(23)10-16(7-2-1-3-8-16)11-22-12-18-20-21-22/h4-6,9,12H,1-3,7-8,10-11H2,(H,19,23). The summed E-state index contributed by atoms with van der Waals surface area (Å²) in [7, 11) is 0. The number of rotatable bonds is 5. The van der Waals surface area contributed by atoms with Gasteiger partial charge in [0.2, 0.25) is 5.91 Å². The molecule has 1 fully saturated rings. The van der Waals surface area contributed by atoms with Gasteiger partial charge in [-0.25, -0.2) is 4.68 Å². The van der Waals surface area contributed by atoms with Crippen LogP contribution in [0.15, 0.2) is 35.1 Å². The summed E-state index contributed by atoms with van der Waals surface area (Å²) in [5.74, 6) is 0.0538. The van der Waals surface area contributed by atoms with E-state index in [1.54, 1.807) is 11.0 Å². The van der Waals surface area contributed by atoms with Crippen LogP contribution in [0, 0.1) is 5.41 Å². The zero-order valence-electron chi connectivity index (χ0n) is 12.9. The lowest BCUT2D eigenvalue weighted by atomic mass is 9.71. The molecule has 6 nitrogen and oxygen atoms in total. The Kier molecular flexibility index (Phi) is 5.05. The molecule has 0 spiro atoms. The summed E-state index contributed by atoms with van der Waals surface area (Å²) in [4.78, 5) is 12.5. The van der Waals surface area contributed by atoms with Gasteiger partial charge in [-0.1, -0.05) is 41.3 Å². The third-order valence-electron chi connectivity index (χ3n) is 4.45. The lowest BCUT2D eigenvalue weighted by molar-refractivity contribution is -0.119. The average Bonchev–Trinajstić information content (AvgIpc) is 3.00. The predicted molar refractivity (Wildman–Crippen MR) is 90.7 cm³/mol. The Labute approximate surface area is 143 Å². The Morgan fingerprint density at radius 3 is 2.83 bits per heavy atom. The molecule has 3 rings (SSSR count). The van der Waals surface area contributed by atoms with Crippen molar-refractivity contribution in [1.82, 2.24) is 20.2 Å². The third kappa shape index (κ3) is 4.37. The van der Waals surface area contributed by atoms with E-state index in [0.29, 0.717) is 13.0 Å². The smallest absolute Gasteiger partial charge is 0.225 e. The van der Waals surface area contributed by atoms with Gasteiger partial charge in [0.25, 0.3) is 0 Å². The molecule has 1 aromatic carbocycles. The van der Waals surface area contributed by atoms with Gasteiger partial charge in [0.05, 0.1) is 6.54 Å². The van der Waals surface area contributed by atoms with Crippen LogP contribution in [0.2, 0.25) is 0 Å². The van der Waals surface area contributed by atoms with E-state index in [2.05, 4.69) is 36.8 Å². The molecule has 0 aliphatic heterocycles. The highest BCUT2D eigenvalue weighted by Crippen LogP contribution is 2.40. The van der Waals surface area contributed by atoms with Gasteiger partial charge < -0.3 is 5.32 Å². The first-order valence-electron chi connectivity index (χ1n) is 7.91. The summed E-state index contributed by atoms with van der Waals surface area (Å²) in [6, 6.07) is 7.66. The number of nitrogens with zero attached hydrogens (tertiary/aromatic N) is 4. The molecule has 0 atom stereocenters. The topological polar surface area (TPSA) is 72.7 Å². The molecule has 1 amide bonds. The third-order valence-corrected chi connectivity index (χ3v) is 4.94. The minimum atomic E-state index is -0.0519. The maximum Gasteiger partial charge on any atom is 0.225 e. The van der Waals surface area contributed by atoms with E-state index in [1.807, 2.05) is 24.3 Å². The summed E-state index contributed by atoms with van der Waals surface area (Å²) in [6.45, 7) is 0.700. The van der Waals surface area contributed by atoms with E-state index in [4.69, 9.17) is 0 Å². The van der Waals surface area contributed by atoms with Gasteiger partial charge in [-0.2, -0.15) is 0 Å². The van der Waals surface area contributed by atoms with Crippen LogP contribution in [-0.2, 0) is 11.3 Å². The maximum absolute atomic E-state index is 12.5. The van der Waals surface area contributed by atoms with E-state index in [1.165, 1.54) is 6.42 Å². The molecule has 1 N–H and O–H groups in total. The van der Waals surface area contributed by atoms with Gasteiger partial charge in [0.15, 0.2) is 0 Å². The number of nitrogens with one attached hydrogen (secondary N) is 1. The van der Waals surface area contributed by atoms with Crippen molar-refractivity contribution < 1.29 is 4.79 Å². The SMILES string of the molecule is O=C(CC1(Cn2cnnn2)CCCCC1)Nc1cccc(Br)c1. The van der Waals surface area contributed by atoms with Crippen LogP contribution in [0.5, 0.6) is 0 Å². The molecule has 23 heavy (non-hydrogen) atoms. The van der Waals surface area contributed by atoms with Gasteiger partial charge in [0, 0.05) is 16.6 Å². The molecule has 1 saturated carbocycles. The van der Waals surface area contributed by atoms with Gasteiger partial charge in [0.1, 0.15) is 6.33 Å². The minimum absolute atomic E-state index is 0.0519. The second kappa shape index (κ2) is 7.21. The van der Waals surface area contributed by atoms with Crippen LogP contribution in [-0.4, -0.2) is 26.1 Å². The van der Waals surface area contributed by atoms with E-state index in [-0.39, 0.29) is 11.3 Å². The molecular weight excluding hydrogens is 358 g/mol. The molecule has 1 aliphatic rings. The largest absolute Gasteiger partial charge is 0.326 e. The van der Waals surface area contributed by atoms with E-state index < -0.39 is 0 Å². The van der Waals surface area contributed by atoms with E-state index in [9.17, 15) is 4.79 Å². The fourth-order valence-electron chi connectivity index (χ4n) is 3.40. The highest BCUT2D eigenvalue weighted by molar-refractivity contribution is 9.10. The molecule has 7 heteroatoms. The summed E-state index contributed by atoms with van der Waals surface area (Å²) < 4.78 is 2.70. The van der Waals surface area contributed by atoms with Crippen molar-refractivity contribution in [3.63, 3.8) is 0 Å². The number of hydrogen-bond acceptors (Lipinski definition) is 4. The highest BCUT2D eigenvalue weighted by atomic mass is 79.9. The van der Waals surface area contributed by atoms with Crippen LogP contribution >= 0.6 is 15.9 Å². The summed E-state index contributed by atoms with van der Waals surface area (Å²) in [6.07, 6.45) is 7.77. The number of halogens is 1. The van der Waals surface area contributed by atoms with Gasteiger partial charge in [-0.15, -0.1) is 5.10 Å². The first kappa shape index (κ1) is 16.1. The molecule has 0 bridgehead atoms. The van der Waals surface area contributed by atoms with Crippen LogP contribution < -0.4 is 5.32 Å². The Morgan fingerprint density at radius 1 is 1.30 bits per heavy atom. The first-order valence-corrected chi connectivity index (χ1v) is 8.71. The highest BCUT2D eigenvalue weighted by Gasteiger charge is 2.35. The molecule has 1 aromatic heterocycles. The van der Waals surface area contributed by atoms with Crippen molar-refractivity contribution in [3.05, 3.63) is 35.1 Å². The van der Waals surface area contributed by atoms with Gasteiger partial charge >= 0.3 is 0 Å². The number of hydrogen-bond donors (Lipinski definition) is 1. The Balaban J connectivity index is 1.69. The quantitative estimate of drug-likeness (QED) is 0.866. The lowest BCUT2D eigenvalue weighted by Gasteiger charge is -2.36. The van der Waals surface area contributed by atoms with Crippen LogP contribution in [0.4, 0.5) is 5.69 Å². The number of aromatic nitrogens is 4. The summed E-state index contributed by atoms with van der Waals surface area (Å²) in [5.41, 5.74) is 0.766. The minimum Gasteiger partial charge on any atom is -0.326 e. The molecule has 0 unspecified atom stereocenters. The second-order valence-corrected chi connectivity index (χ2v) is 7.22. The van der Waals surface area contributed by atoms with E-state index in [0.717, 1.165) is 35.8 Å². The molecule has 1 aliphatic carbocycles. The number of benzene rings is 1. The van der Waals surface area contributed by atoms with E-state index >= 15 is 0 Å². The summed E-state index contributed by atoms with van der Waals surface area (Å²) in [5, 5.41) is 14.4. The maximum atomic E-state index is 12.5. The number of anilines is 1. The predicted octanol–water partition coefficient (Wildman–Crippen LogP) is 3.41. The first-order chi connectivity index (χ1) is 11.2. The van der Waals surface area contributed by atoms with Gasteiger partial charge in [-0.05, 0) is 46.9 Å². The molecule has 1 heterocycles. The van der Waals surface area contributed by atoms with Crippen LogP contribution in [0.25, 0.3) is 0 Å². The fraction of sp³-hybridized carbons (Fsp3) is 0.500. The van der Waals surface area contributed by atoms with Crippen molar-refractivity contribution in [2.45, 2.75) is 45.1 Å². The van der Waals surface area contributed by atoms with Crippen LogP contribution in [0.1, 0.15) is 38.5 Å². The molecular formula is C16H20BrN5O. The molecule has 2 aromatic rings. The molecule has 122 valence electrons. The second-order valence-electron chi connectivity index (χ2n) is 6.30. The number of carbonyl (C=O) groups excluding carboxylic acids is 1. The van der Waals surface area contributed by atoms with Crippen molar-refractivity contribution in [3.8, 4) is 0 Å². The van der Waals surface area contributed by atoms with Gasteiger partial charge in [-0.3, -0.25) is 4.79 Å². The number of amides is 1. The normalized spacial score (nSPS) is 16.9. The molecule has 0 saturated heterocycles. The zero-order valence-corrected chi connectivity index (χ0v) is 14.5. The molecule has 0 radical (unpaired) electrons. The van der Waals surface area contributed by atoms with Crippen molar-refractivity contribution in [2.24, 2.45) is 5.41 Å². The Morgan fingerprint density at radius 2 is 2.13 bits per heavy atom. The van der Waals surface area contributed by atoms with Crippen molar-refractivity contribution >= 4 is 27.5 Å². The Hall–Kier alpha value is -1.76. The number of carbonyl (C=O) groups is 1. The van der Waals surface area contributed by atoms with Crippen LogP contribution in [0.3, 0.4) is 0 Å². The number of tetrazole rings is 1. The fourth-order valence-corrected chi connectivity index (χ4v) is 3.80. The monoisotopic (exact) mass is 377 g/mol. The average molecular weight is 378 g/mol. The van der Waals surface area contributed by atoms with Crippen molar-refractivity contribution in [2.75, 3.05) is 5.32 Å².